The Kier molecular flexibility index (Phi) is 5.45. The average molecular weight is 408 g/mol. The molecule has 0 saturated carbocycles. The van der Waals surface area contributed by atoms with Crippen molar-refractivity contribution in [2.24, 2.45) is 0 Å². The SMILES string of the molecule is Cc1ccc(C(=O)c2c(NC(=O)C[n+]3cccc(O)c3)sc3c2CCCC3)cc1. The predicted molar refractivity (Wildman–Crippen MR) is 113 cm³/mol. The second-order valence-electron chi connectivity index (χ2n) is 7.39. The molecule has 1 aliphatic carbocycles. The van der Waals surface area contributed by atoms with E-state index in [2.05, 4.69) is 5.32 Å². The molecule has 1 aliphatic rings. The fraction of sp³-hybridized carbons (Fsp3) is 0.261. The van der Waals surface area contributed by atoms with Crippen molar-refractivity contribution in [3.8, 4) is 5.75 Å². The lowest BCUT2D eigenvalue weighted by atomic mass is 9.91. The van der Waals surface area contributed by atoms with Gasteiger partial charge in [0, 0.05) is 16.5 Å². The lowest BCUT2D eigenvalue weighted by Crippen LogP contribution is -2.39. The molecule has 6 heteroatoms. The van der Waals surface area contributed by atoms with Gasteiger partial charge in [-0.1, -0.05) is 29.8 Å². The maximum atomic E-state index is 13.3. The largest absolute Gasteiger partial charge is 0.503 e. The standard InChI is InChI=1S/C23H22N2O3S/c1-15-8-10-16(11-9-15)22(28)21-18-6-2-3-7-19(18)29-23(21)24-20(27)14-25-12-4-5-17(26)13-25/h4-5,8-13H,2-3,6-7,14H2,1H3,(H-,24,26,27,28)/p+1. The van der Waals surface area contributed by atoms with Crippen LogP contribution in [-0.4, -0.2) is 16.8 Å². The van der Waals surface area contributed by atoms with Crippen LogP contribution in [-0.2, 0) is 24.2 Å². The number of anilines is 1. The molecule has 2 aromatic heterocycles. The predicted octanol–water partition coefficient (Wildman–Crippen LogP) is 3.80. The molecule has 0 atom stereocenters. The number of aryl methyl sites for hydroxylation is 2. The summed E-state index contributed by atoms with van der Waals surface area (Å²) in [6.45, 7) is 2.06. The molecule has 0 bridgehead atoms. The van der Waals surface area contributed by atoms with Crippen molar-refractivity contribution in [1.82, 2.24) is 0 Å². The molecule has 29 heavy (non-hydrogen) atoms. The van der Waals surface area contributed by atoms with E-state index in [4.69, 9.17) is 0 Å². The number of fused-ring (bicyclic) bond motifs is 1. The van der Waals surface area contributed by atoms with Gasteiger partial charge in [0.1, 0.15) is 5.00 Å². The van der Waals surface area contributed by atoms with Crippen LogP contribution in [0.25, 0.3) is 0 Å². The molecule has 148 valence electrons. The number of hydrogen-bond donors (Lipinski definition) is 2. The molecule has 1 aromatic carbocycles. The van der Waals surface area contributed by atoms with Crippen molar-refractivity contribution in [2.75, 3.05) is 5.32 Å². The van der Waals surface area contributed by atoms with Crippen molar-refractivity contribution >= 4 is 28.0 Å². The van der Waals surface area contributed by atoms with Crippen LogP contribution in [0.15, 0.2) is 48.8 Å². The molecule has 0 fully saturated rings. The molecule has 0 aliphatic heterocycles. The number of nitrogens with zero attached hydrogens (tertiary/aromatic N) is 1. The van der Waals surface area contributed by atoms with Crippen LogP contribution in [0.4, 0.5) is 5.00 Å². The number of benzene rings is 1. The second kappa shape index (κ2) is 8.17. The summed E-state index contributed by atoms with van der Waals surface area (Å²) in [5.41, 5.74) is 3.47. The van der Waals surface area contributed by atoms with E-state index < -0.39 is 0 Å². The van der Waals surface area contributed by atoms with Crippen molar-refractivity contribution < 1.29 is 19.3 Å². The average Bonchev–Trinajstić information content (AvgIpc) is 3.05. The molecule has 3 aromatic rings. The first-order valence-electron chi connectivity index (χ1n) is 9.75. The molecule has 4 rings (SSSR count). The topological polar surface area (TPSA) is 70.3 Å². The lowest BCUT2D eigenvalue weighted by molar-refractivity contribution is -0.684. The fourth-order valence-corrected chi connectivity index (χ4v) is 4.98. The van der Waals surface area contributed by atoms with Crippen LogP contribution in [0.5, 0.6) is 5.75 Å². The number of pyridine rings is 1. The maximum absolute atomic E-state index is 13.3. The first kappa shape index (κ1) is 19.3. The molecule has 0 unspecified atom stereocenters. The van der Waals surface area contributed by atoms with E-state index in [0.717, 1.165) is 36.8 Å². The molecule has 2 N–H and O–H groups in total. The summed E-state index contributed by atoms with van der Waals surface area (Å²) >= 11 is 1.52. The van der Waals surface area contributed by atoms with Crippen molar-refractivity contribution in [2.45, 2.75) is 39.2 Å². The number of hydrogen-bond acceptors (Lipinski definition) is 4. The number of nitrogens with one attached hydrogen (secondary N) is 1. The van der Waals surface area contributed by atoms with Crippen molar-refractivity contribution in [3.63, 3.8) is 0 Å². The Morgan fingerprint density at radius 2 is 1.90 bits per heavy atom. The van der Waals surface area contributed by atoms with Gasteiger partial charge in [-0.05, 0) is 44.2 Å². The van der Waals surface area contributed by atoms with E-state index in [1.807, 2.05) is 31.2 Å². The molecule has 1 amide bonds. The Bertz CT molecular complexity index is 1070. The highest BCUT2D eigenvalue weighted by Crippen LogP contribution is 2.39. The van der Waals surface area contributed by atoms with Gasteiger partial charge in [0.05, 0.1) is 5.56 Å². The minimum Gasteiger partial charge on any atom is -0.503 e. The summed E-state index contributed by atoms with van der Waals surface area (Å²) in [4.78, 5) is 27.2. The summed E-state index contributed by atoms with van der Waals surface area (Å²) in [5, 5.41) is 13.2. The van der Waals surface area contributed by atoms with Gasteiger partial charge >= 0.3 is 0 Å². The van der Waals surface area contributed by atoms with Gasteiger partial charge in [0.25, 0.3) is 5.91 Å². The molecule has 0 spiro atoms. The van der Waals surface area contributed by atoms with Crippen LogP contribution in [0.2, 0.25) is 0 Å². The quantitative estimate of drug-likeness (QED) is 0.499. The van der Waals surface area contributed by atoms with E-state index in [-0.39, 0.29) is 24.0 Å². The Morgan fingerprint density at radius 3 is 2.66 bits per heavy atom. The lowest BCUT2D eigenvalue weighted by Gasteiger charge is -2.12. The van der Waals surface area contributed by atoms with Crippen molar-refractivity contribution in [3.05, 3.63) is 75.9 Å². The van der Waals surface area contributed by atoms with Gasteiger partial charge < -0.3 is 10.4 Å². The molecule has 2 heterocycles. The van der Waals surface area contributed by atoms with Crippen LogP contribution in [0.3, 0.4) is 0 Å². The van der Waals surface area contributed by atoms with Crippen LogP contribution in [0, 0.1) is 6.92 Å². The number of carbonyl (C=O) groups is 2. The first-order valence-corrected chi connectivity index (χ1v) is 10.6. The number of rotatable bonds is 5. The zero-order chi connectivity index (χ0) is 20.4. The Labute approximate surface area is 173 Å². The molecular formula is C23H23N2O3S+. The second-order valence-corrected chi connectivity index (χ2v) is 8.50. The molecule has 5 nitrogen and oxygen atoms in total. The maximum Gasteiger partial charge on any atom is 0.290 e. The zero-order valence-electron chi connectivity index (χ0n) is 16.3. The number of amides is 1. The van der Waals surface area contributed by atoms with Crippen LogP contribution in [0.1, 0.15) is 44.8 Å². The highest BCUT2D eigenvalue weighted by Gasteiger charge is 2.27. The summed E-state index contributed by atoms with van der Waals surface area (Å²) in [6.07, 6.45) is 7.21. The van der Waals surface area contributed by atoms with Gasteiger partial charge in [0.15, 0.2) is 17.7 Å². The third kappa shape index (κ3) is 4.22. The van der Waals surface area contributed by atoms with E-state index >= 15 is 0 Å². The van der Waals surface area contributed by atoms with E-state index in [1.165, 1.54) is 22.4 Å². The summed E-state index contributed by atoms with van der Waals surface area (Å²) < 4.78 is 1.61. The Hall–Kier alpha value is -2.99. The van der Waals surface area contributed by atoms with Gasteiger partial charge in [-0.15, -0.1) is 11.3 Å². The van der Waals surface area contributed by atoms with Crippen LogP contribution >= 0.6 is 11.3 Å². The smallest absolute Gasteiger partial charge is 0.290 e. The molecule has 0 saturated heterocycles. The minimum atomic E-state index is -0.225. The number of ketones is 1. The first-order chi connectivity index (χ1) is 14.0. The van der Waals surface area contributed by atoms with Gasteiger partial charge in [-0.2, -0.15) is 4.57 Å². The van der Waals surface area contributed by atoms with Gasteiger partial charge in [0.2, 0.25) is 12.7 Å². The molecular weight excluding hydrogens is 384 g/mol. The van der Waals surface area contributed by atoms with Gasteiger partial charge in [-0.3, -0.25) is 9.59 Å². The fourth-order valence-electron chi connectivity index (χ4n) is 3.68. The van der Waals surface area contributed by atoms with Crippen molar-refractivity contribution in [1.29, 1.82) is 0 Å². The van der Waals surface area contributed by atoms with E-state index in [9.17, 15) is 14.7 Å². The number of carbonyl (C=O) groups excluding carboxylic acids is 2. The highest BCUT2D eigenvalue weighted by molar-refractivity contribution is 7.17. The minimum absolute atomic E-state index is 0.0373. The van der Waals surface area contributed by atoms with Gasteiger partial charge in [-0.25, -0.2) is 0 Å². The van der Waals surface area contributed by atoms with E-state index in [0.29, 0.717) is 16.1 Å². The summed E-state index contributed by atoms with van der Waals surface area (Å²) in [5.74, 6) is -0.163. The zero-order valence-corrected chi connectivity index (χ0v) is 17.1. The number of aromatic hydroxyl groups is 1. The molecule has 0 radical (unpaired) electrons. The van der Waals surface area contributed by atoms with Crippen LogP contribution < -0.4 is 9.88 Å². The monoisotopic (exact) mass is 407 g/mol. The number of aromatic nitrogens is 1. The number of thiophene rings is 1. The third-order valence-electron chi connectivity index (χ3n) is 5.13. The Balaban J connectivity index is 1.64. The van der Waals surface area contributed by atoms with E-state index in [1.54, 1.807) is 22.9 Å². The summed E-state index contributed by atoms with van der Waals surface area (Å²) in [7, 11) is 0. The highest BCUT2D eigenvalue weighted by atomic mass is 32.1. The normalized spacial score (nSPS) is 13.0. The Morgan fingerprint density at radius 1 is 1.14 bits per heavy atom. The summed E-state index contributed by atoms with van der Waals surface area (Å²) in [6, 6.07) is 10.8. The third-order valence-corrected chi connectivity index (χ3v) is 6.34.